The molecule has 43 heavy (non-hydrogen) atoms. The lowest BCUT2D eigenvalue weighted by atomic mass is 9.90. The van der Waals surface area contributed by atoms with Gasteiger partial charge in [-0.15, -0.1) is 11.3 Å². The maximum atomic E-state index is 12.8. The van der Waals surface area contributed by atoms with Crippen LogP contribution < -0.4 is 5.32 Å². The summed E-state index contributed by atoms with van der Waals surface area (Å²) >= 11 is 1.74. The van der Waals surface area contributed by atoms with Gasteiger partial charge in [-0.05, 0) is 73.0 Å². The Hall–Kier alpha value is -4.35. The number of aromatic nitrogens is 3. The molecule has 11 heteroatoms. The molecule has 0 atom stereocenters. The lowest BCUT2D eigenvalue weighted by molar-refractivity contribution is -0.193. The van der Waals surface area contributed by atoms with E-state index in [0.29, 0.717) is 37.1 Å². The number of fused-ring (bicyclic) bond motifs is 4. The molecule has 0 saturated heterocycles. The van der Waals surface area contributed by atoms with Gasteiger partial charge in [-0.25, -0.2) is 9.59 Å². The molecule has 0 unspecified atom stereocenters. The fourth-order valence-corrected chi connectivity index (χ4v) is 6.38. The number of ether oxygens (including phenoxy) is 1. The van der Waals surface area contributed by atoms with Crippen molar-refractivity contribution in [2.75, 3.05) is 13.1 Å². The zero-order chi connectivity index (χ0) is 30.0. The Morgan fingerprint density at radius 1 is 1.00 bits per heavy atom. The molecule has 5 aromatic rings. The molecule has 1 N–H and O–H groups in total. The van der Waals surface area contributed by atoms with Crippen LogP contribution in [0, 0.1) is 0 Å². The molecule has 0 fully saturated rings. The second kappa shape index (κ2) is 12.1. The summed E-state index contributed by atoms with van der Waals surface area (Å²) in [5, 5.41) is 11.4. The molecule has 0 spiro atoms. The first-order valence-corrected chi connectivity index (χ1v) is 14.8. The minimum absolute atomic E-state index is 0.117. The molecule has 2 aromatic carbocycles. The van der Waals surface area contributed by atoms with Gasteiger partial charge in [0.05, 0.1) is 5.69 Å². The average molecular weight is 605 g/mol. The van der Waals surface area contributed by atoms with Crippen molar-refractivity contribution in [1.29, 1.82) is 0 Å². The summed E-state index contributed by atoms with van der Waals surface area (Å²) in [6.07, 6.45) is 0.329. The second-order valence-corrected chi connectivity index (χ2v) is 11.2. The van der Waals surface area contributed by atoms with Crippen LogP contribution in [0.5, 0.6) is 0 Å². The predicted octanol–water partition coefficient (Wildman–Crippen LogP) is 6.39. The smallest absolute Gasteiger partial charge is 0.381 e. The van der Waals surface area contributed by atoms with Crippen LogP contribution in [0.4, 0.5) is 13.2 Å². The van der Waals surface area contributed by atoms with Crippen LogP contribution in [-0.2, 0) is 35.3 Å². The number of hydrogen-bond donors (Lipinski definition) is 1. The van der Waals surface area contributed by atoms with Gasteiger partial charge in [0.15, 0.2) is 5.69 Å². The molecule has 6 rings (SSSR count). The lowest BCUT2D eigenvalue weighted by Crippen LogP contribution is -2.29. The van der Waals surface area contributed by atoms with Crippen molar-refractivity contribution in [2.45, 2.75) is 38.4 Å². The second-order valence-electron chi connectivity index (χ2n) is 10.3. The number of carbonyl (C=O) groups is 2. The molecular weight excluding hydrogens is 577 g/mol. The number of thiophene rings is 1. The zero-order valence-electron chi connectivity index (χ0n) is 23.0. The van der Waals surface area contributed by atoms with Crippen molar-refractivity contribution >= 4 is 33.4 Å². The predicted molar refractivity (Wildman–Crippen MR) is 158 cm³/mol. The van der Waals surface area contributed by atoms with E-state index in [2.05, 4.69) is 68.0 Å². The van der Waals surface area contributed by atoms with Crippen molar-refractivity contribution in [2.24, 2.45) is 0 Å². The molecule has 1 aliphatic carbocycles. The number of carbonyl (C=O) groups excluding carboxylic acids is 2. The van der Waals surface area contributed by atoms with Crippen LogP contribution in [0.3, 0.4) is 0 Å². The maximum Gasteiger partial charge on any atom is 0.491 e. The number of halogens is 3. The summed E-state index contributed by atoms with van der Waals surface area (Å²) in [5.74, 6) is -3.89. The monoisotopic (exact) mass is 604 g/mol. The number of nitrogens with one attached hydrogen (secondary N) is 1. The van der Waals surface area contributed by atoms with Gasteiger partial charge in [0.1, 0.15) is 0 Å². The Labute approximate surface area is 249 Å². The average Bonchev–Trinajstić information content (AvgIpc) is 3.60. The molecule has 3 aromatic heterocycles. The normalized spacial score (nSPS) is 12.6. The van der Waals surface area contributed by atoms with Crippen LogP contribution in [-0.4, -0.2) is 46.0 Å². The molecule has 1 aliphatic rings. The number of benzene rings is 2. The summed E-state index contributed by atoms with van der Waals surface area (Å²) in [7, 11) is 0. The Balaban J connectivity index is 1.07. The van der Waals surface area contributed by atoms with Gasteiger partial charge in [0.25, 0.3) is 0 Å². The highest BCUT2D eigenvalue weighted by atomic mass is 32.1. The molecule has 220 valence electrons. The van der Waals surface area contributed by atoms with E-state index in [0.717, 1.165) is 24.1 Å². The maximum absolute atomic E-state index is 12.8. The summed E-state index contributed by atoms with van der Waals surface area (Å²) < 4.78 is 45.3. The highest BCUT2D eigenvalue weighted by Crippen LogP contribution is 2.35. The third kappa shape index (κ3) is 6.09. The zero-order valence-corrected chi connectivity index (χ0v) is 23.8. The first-order chi connectivity index (χ1) is 20.8. The molecule has 3 heterocycles. The summed E-state index contributed by atoms with van der Waals surface area (Å²) in [4.78, 5) is 28.3. The fourth-order valence-electron chi connectivity index (χ4n) is 5.41. The van der Waals surface area contributed by atoms with Crippen molar-refractivity contribution in [1.82, 2.24) is 20.1 Å². The van der Waals surface area contributed by atoms with Crippen molar-refractivity contribution in [3.63, 3.8) is 0 Å². The van der Waals surface area contributed by atoms with E-state index in [-0.39, 0.29) is 12.2 Å². The van der Waals surface area contributed by atoms with Gasteiger partial charge < -0.3 is 10.1 Å². The van der Waals surface area contributed by atoms with Gasteiger partial charge in [-0.2, -0.15) is 18.3 Å². The van der Waals surface area contributed by atoms with Crippen LogP contribution in [0.15, 0.2) is 72.4 Å². The fraction of sp³-hybridized carbons (Fsp3) is 0.250. The number of nitrogens with zero attached hydrogens (tertiary/aromatic N) is 3. The van der Waals surface area contributed by atoms with E-state index in [1.165, 1.54) is 31.5 Å². The summed E-state index contributed by atoms with van der Waals surface area (Å²) in [5.41, 5.74) is 6.17. The number of alkyl halides is 3. The summed E-state index contributed by atoms with van der Waals surface area (Å²) in [6.45, 7) is 1.58. The van der Waals surface area contributed by atoms with E-state index in [1.807, 2.05) is 6.07 Å². The standard InChI is InChI=1S/C32H27F3N4O3S/c33-32(34,35)31(41)42-30(40)29-25-11-10-22-18-37-16-13-23(22)28(25)38-39(29)17-3-14-36-15-12-20-6-8-21(9-7-20)26-19-43-27-5-2-1-4-24(26)27/h1-2,4-9,13,16,18-19,36H,3,10-12,14-15,17H2. The van der Waals surface area contributed by atoms with Crippen LogP contribution in [0.1, 0.15) is 33.6 Å². The van der Waals surface area contributed by atoms with Gasteiger partial charge in [-0.3, -0.25) is 9.67 Å². The Morgan fingerprint density at radius 2 is 1.81 bits per heavy atom. The Kier molecular flexibility index (Phi) is 8.09. The number of aryl methyl sites for hydroxylation is 2. The quantitative estimate of drug-likeness (QED) is 0.119. The van der Waals surface area contributed by atoms with Gasteiger partial charge in [0.2, 0.25) is 0 Å². The highest BCUT2D eigenvalue weighted by Gasteiger charge is 2.43. The van der Waals surface area contributed by atoms with E-state index < -0.39 is 18.1 Å². The first kappa shape index (κ1) is 28.8. The largest absolute Gasteiger partial charge is 0.491 e. The van der Waals surface area contributed by atoms with E-state index >= 15 is 0 Å². The van der Waals surface area contributed by atoms with Crippen LogP contribution in [0.25, 0.3) is 32.5 Å². The molecule has 0 aliphatic heterocycles. The number of rotatable bonds is 9. The molecule has 0 amide bonds. The van der Waals surface area contributed by atoms with E-state index in [1.54, 1.807) is 29.8 Å². The SMILES string of the molecule is O=C(OC(=O)C(F)(F)F)c1c2c(nn1CCCNCCc1ccc(-c3csc4ccccc34)cc1)-c1ccncc1CC2. The van der Waals surface area contributed by atoms with E-state index in [9.17, 15) is 22.8 Å². The molecule has 0 saturated carbocycles. The third-order valence-corrected chi connectivity index (χ3v) is 8.49. The number of hydrogen-bond acceptors (Lipinski definition) is 7. The lowest BCUT2D eigenvalue weighted by Gasteiger charge is -2.15. The van der Waals surface area contributed by atoms with Gasteiger partial charge >= 0.3 is 18.1 Å². The minimum atomic E-state index is -5.28. The van der Waals surface area contributed by atoms with Crippen molar-refractivity contribution < 1.29 is 27.5 Å². The third-order valence-electron chi connectivity index (χ3n) is 7.52. The highest BCUT2D eigenvalue weighted by molar-refractivity contribution is 7.17. The van der Waals surface area contributed by atoms with Crippen molar-refractivity contribution in [3.05, 3.63) is 94.8 Å². The first-order valence-electron chi connectivity index (χ1n) is 13.9. The molecule has 0 bridgehead atoms. The number of pyridine rings is 1. The van der Waals surface area contributed by atoms with Gasteiger partial charge in [0, 0.05) is 45.7 Å². The minimum Gasteiger partial charge on any atom is -0.381 e. The van der Waals surface area contributed by atoms with Crippen molar-refractivity contribution in [3.8, 4) is 22.4 Å². The topological polar surface area (TPSA) is 86.1 Å². The Bertz CT molecular complexity index is 1790. The van der Waals surface area contributed by atoms with Gasteiger partial charge in [-0.1, -0.05) is 42.5 Å². The van der Waals surface area contributed by atoms with Crippen LogP contribution >= 0.6 is 11.3 Å². The molecule has 7 nitrogen and oxygen atoms in total. The summed E-state index contributed by atoms with van der Waals surface area (Å²) in [6, 6.07) is 18.7. The van der Waals surface area contributed by atoms with Crippen LogP contribution in [0.2, 0.25) is 0 Å². The molecule has 0 radical (unpaired) electrons. The molecular formula is C32H27F3N4O3S. The number of esters is 2. The Morgan fingerprint density at radius 3 is 2.63 bits per heavy atom. The van der Waals surface area contributed by atoms with E-state index in [4.69, 9.17) is 0 Å².